The van der Waals surface area contributed by atoms with Gasteiger partial charge in [-0.15, -0.1) is 5.10 Å². The zero-order valence-corrected chi connectivity index (χ0v) is 63.8. The van der Waals surface area contributed by atoms with Crippen LogP contribution in [-0.2, 0) is 99.2 Å². The van der Waals surface area contributed by atoms with Gasteiger partial charge in [-0.1, -0.05) is 38.1 Å². The van der Waals surface area contributed by atoms with Crippen molar-refractivity contribution < 1.29 is 122 Å². The number of hydrogen-bond acceptors (Lipinski definition) is 24. The Bertz CT molecular complexity index is 3510. The van der Waals surface area contributed by atoms with Crippen molar-refractivity contribution in [3.8, 4) is 5.75 Å². The molecule has 0 aliphatic carbocycles. The summed E-state index contributed by atoms with van der Waals surface area (Å²) in [6, 6.07) is -8.33. The number of rotatable bonds is 48. The molecule has 1 aromatic heterocycles. The Morgan fingerprint density at radius 3 is 1.62 bits per heavy atom. The Labute approximate surface area is 646 Å². The second kappa shape index (κ2) is 49.0. The van der Waals surface area contributed by atoms with Crippen molar-refractivity contribution >= 4 is 94.8 Å². The number of aliphatic hydroxyl groups is 2. The van der Waals surface area contributed by atoms with E-state index in [1.165, 1.54) is 28.9 Å². The maximum absolute atomic E-state index is 14.1. The predicted molar refractivity (Wildman–Crippen MR) is 392 cm³/mol. The summed E-state index contributed by atoms with van der Waals surface area (Å²) >= 11 is 0. The Morgan fingerprint density at radius 2 is 1.07 bits per heavy atom. The number of amides is 12. The SMILES string of the molecule is CC(=O)N[C@@H](Cc1ccc(O)cc1)C(=O)N[C@H](CC(C)C)C(=O)N[C@@H](CC(=O)O)C(=O)NCCOCCOCCn1cc(C)nn1.CCCC(=O)N[C@@H](CCCCN)C(=O)N1CCC[C@H]1C(=O)N[C@@H](CO)C(=O)N[C@H](CO)C(=O)N1CCC[C@H]1C(=O)N1CCC[C@H]1C(=O)N[C@@H](CCC(=O)O)C(=O)N[C@@H](CCC(=O)O)C(=O)O. The molecular weight excluding hydrogens is 1480 g/mol. The van der Waals surface area contributed by atoms with Gasteiger partial charge in [0.05, 0.1) is 58.3 Å². The van der Waals surface area contributed by atoms with Crippen molar-refractivity contribution in [3.05, 3.63) is 41.7 Å². The number of aliphatic carboxylic acids is 4. The topological polar surface area (TPSA) is 608 Å². The van der Waals surface area contributed by atoms with E-state index in [2.05, 4.69) is 58.2 Å². The third-order valence-electron chi connectivity index (χ3n) is 18.2. The van der Waals surface area contributed by atoms with Crippen LogP contribution in [0, 0.1) is 12.8 Å². The van der Waals surface area contributed by atoms with Crippen LogP contribution in [0.1, 0.15) is 148 Å². The highest BCUT2D eigenvalue weighted by Gasteiger charge is 2.46. The van der Waals surface area contributed by atoms with Crippen molar-refractivity contribution in [2.45, 2.75) is 223 Å². The first-order valence-electron chi connectivity index (χ1n) is 37.4. The predicted octanol–water partition coefficient (Wildman–Crippen LogP) is -4.21. The number of likely N-dealkylation sites (tertiary alicyclic amines) is 3. The quantitative estimate of drug-likeness (QED) is 0.0279. The number of benzene rings is 1. The van der Waals surface area contributed by atoms with Crippen molar-refractivity contribution in [2.24, 2.45) is 11.7 Å². The molecule has 5 rings (SSSR count). The van der Waals surface area contributed by atoms with Crippen LogP contribution < -0.4 is 53.6 Å². The molecule has 1 aromatic carbocycles. The van der Waals surface area contributed by atoms with Gasteiger partial charge in [-0.05, 0) is 121 Å². The zero-order chi connectivity index (χ0) is 83.1. The molecule has 3 aliphatic rings. The smallest absolute Gasteiger partial charge is 0.326 e. The van der Waals surface area contributed by atoms with Crippen molar-refractivity contribution in [1.29, 1.82) is 0 Å². The number of carbonyl (C=O) groups excluding carboxylic acids is 12. The second-order valence-electron chi connectivity index (χ2n) is 27.6. The number of aromatic hydroxyl groups is 1. The van der Waals surface area contributed by atoms with E-state index in [0.29, 0.717) is 76.8 Å². The summed E-state index contributed by atoms with van der Waals surface area (Å²) in [5, 5.41) is 97.1. The fourth-order valence-corrected chi connectivity index (χ4v) is 12.6. The molecule has 0 saturated carbocycles. The highest BCUT2D eigenvalue weighted by atomic mass is 16.5. The van der Waals surface area contributed by atoms with Gasteiger partial charge in [0, 0.05) is 65.0 Å². The maximum Gasteiger partial charge on any atom is 0.326 e. The third-order valence-corrected chi connectivity index (χ3v) is 18.2. The summed E-state index contributed by atoms with van der Waals surface area (Å²) in [5.74, 6) is -14.3. The number of ether oxygens (including phenoxy) is 2. The van der Waals surface area contributed by atoms with Gasteiger partial charge in [-0.3, -0.25) is 71.9 Å². The van der Waals surface area contributed by atoms with Gasteiger partial charge in [-0.2, -0.15) is 0 Å². The minimum Gasteiger partial charge on any atom is -0.508 e. The monoisotopic (exact) mass is 1590 g/mol. The second-order valence-corrected chi connectivity index (χ2v) is 27.6. The van der Waals surface area contributed by atoms with Crippen LogP contribution in [0.25, 0.3) is 0 Å². The lowest BCUT2D eigenvalue weighted by molar-refractivity contribution is -0.149. The van der Waals surface area contributed by atoms with E-state index < -0.39 is 201 Å². The summed E-state index contributed by atoms with van der Waals surface area (Å²) < 4.78 is 12.6. The Kier molecular flexibility index (Phi) is 41.0. The van der Waals surface area contributed by atoms with Crippen molar-refractivity contribution in [3.63, 3.8) is 0 Å². The van der Waals surface area contributed by atoms with Gasteiger partial charge in [0.15, 0.2) is 0 Å². The molecule has 41 nitrogen and oxygen atoms in total. The molecule has 0 unspecified atom stereocenters. The molecule has 41 heteroatoms. The number of aliphatic hydroxyl groups excluding tert-OH is 2. The van der Waals surface area contributed by atoms with Gasteiger partial charge in [0.25, 0.3) is 0 Å². The average molecular weight is 1590 g/mol. The van der Waals surface area contributed by atoms with Gasteiger partial charge in [0.1, 0.15) is 72.2 Å². The summed E-state index contributed by atoms with van der Waals surface area (Å²) in [5.41, 5.74) is 7.08. The summed E-state index contributed by atoms with van der Waals surface area (Å²) in [6.07, 6.45) is 2.88. The number of aromatic nitrogens is 3. The zero-order valence-electron chi connectivity index (χ0n) is 63.8. The molecule has 0 bridgehead atoms. The first kappa shape index (κ1) is 93.9. The van der Waals surface area contributed by atoms with Gasteiger partial charge >= 0.3 is 23.9 Å². The minimum atomic E-state index is -1.67. The number of phenols is 1. The van der Waals surface area contributed by atoms with Crippen LogP contribution in [-0.4, -0.2) is 299 Å². The van der Waals surface area contributed by atoms with Crippen LogP contribution in [0.2, 0.25) is 0 Å². The van der Waals surface area contributed by atoms with E-state index in [-0.39, 0.29) is 95.5 Å². The van der Waals surface area contributed by atoms with Gasteiger partial charge in [0.2, 0.25) is 70.9 Å². The fraction of sp³-hybridized carbons (Fsp3) is 0.662. The van der Waals surface area contributed by atoms with Crippen LogP contribution in [0.15, 0.2) is 30.5 Å². The lowest BCUT2D eigenvalue weighted by atomic mass is 10.0. The standard InChI is InChI=1S/C41H65N9O16.C30H45N7O9/c1-2-8-31(53)43-24(9-3-4-17-42)38(62)48-18-5-10-28(48)37(61)46-26(21-51)35(59)47-27(22-52)39(63)50-20-7-12-30(50)40(64)49-19-6-11-29(49)36(60)44-23(13-15-32(54)55)34(58)45-25(41(65)66)14-16-33(56)57;1-19(2)15-24(33-30(44)25(32-21(4)38)16-22-5-7-23(39)8-6-22)29(43)34-26(17-27(40)41)28(42)31-9-11-45-13-14-46-12-10-37-18-20(3)35-36-37/h23-30,51-52H,2-22,42H2,1H3,(H,43,53)(H,44,60)(H,45,58)(H,46,61)(H,47,59)(H,54,55)(H,56,57)(H,65,66);5-8,18-19,24-26,39H,9-17H2,1-4H3,(H,31,42)(H,32,38)(H,33,44)(H,34,43)(H,40,41)/t23-,24-,25-,26-,27+,28-,29-,30-;24-,25+,26+/m01/s1. The molecular formula is C71H110N16O25. The number of aryl methyl sites for hydroxylation is 1. The van der Waals surface area contributed by atoms with Crippen molar-refractivity contribution in [2.75, 3.05) is 72.4 Å². The Morgan fingerprint density at radius 1 is 0.554 bits per heavy atom. The minimum absolute atomic E-state index is 0.00813. The third kappa shape index (κ3) is 32.4. The molecule has 18 N–H and O–H groups in total. The number of unbranched alkanes of at least 4 members (excludes halogenated alkanes) is 1. The summed E-state index contributed by atoms with van der Waals surface area (Å²) in [6.45, 7) is 9.06. The largest absolute Gasteiger partial charge is 0.508 e. The summed E-state index contributed by atoms with van der Waals surface area (Å²) in [7, 11) is 0. The lowest BCUT2D eigenvalue weighted by Gasteiger charge is -2.33. The number of phenolic OH excluding ortho intramolecular Hbond substituents is 1. The van der Waals surface area contributed by atoms with Crippen molar-refractivity contribution in [1.82, 2.24) is 77.5 Å². The van der Waals surface area contributed by atoms with Crippen LogP contribution in [0.5, 0.6) is 5.75 Å². The first-order chi connectivity index (χ1) is 53.2. The fourth-order valence-electron chi connectivity index (χ4n) is 12.6. The number of nitrogens with two attached hydrogens (primary N) is 1. The molecule has 0 radical (unpaired) electrons. The van der Waals surface area contributed by atoms with Crippen LogP contribution in [0.3, 0.4) is 0 Å². The molecule has 2 aromatic rings. The van der Waals surface area contributed by atoms with E-state index in [0.717, 1.165) is 10.6 Å². The number of carboxylic acids is 4. The van der Waals surface area contributed by atoms with E-state index in [1.807, 2.05) is 27.7 Å². The molecule has 12 amide bonds. The number of nitrogens with zero attached hydrogens (tertiary/aromatic N) is 6. The first-order valence-corrected chi connectivity index (χ1v) is 37.4. The lowest BCUT2D eigenvalue weighted by Crippen LogP contribution is -2.61. The molecule has 3 saturated heterocycles. The number of nitrogens with one attached hydrogen (secondary N) is 9. The van der Waals surface area contributed by atoms with Crippen LogP contribution in [0.4, 0.5) is 0 Å². The average Bonchev–Trinajstić information content (AvgIpc) is 1.64. The van der Waals surface area contributed by atoms with E-state index >= 15 is 0 Å². The maximum atomic E-state index is 14.1. The molecule has 0 spiro atoms. The molecule has 624 valence electrons. The van der Waals surface area contributed by atoms with Crippen LogP contribution >= 0.6 is 0 Å². The molecule has 4 heterocycles. The molecule has 3 aliphatic heterocycles. The van der Waals surface area contributed by atoms with E-state index in [1.54, 1.807) is 23.0 Å². The van der Waals surface area contributed by atoms with E-state index in [9.17, 15) is 107 Å². The Hall–Kier alpha value is -10.5. The normalized spacial score (nSPS) is 17.3. The van der Waals surface area contributed by atoms with Gasteiger partial charge in [-0.25, -0.2) is 9.48 Å². The Balaban J connectivity index is 0.000000504. The summed E-state index contributed by atoms with van der Waals surface area (Å²) in [4.78, 5) is 208. The molecule has 3 fully saturated rings. The highest BCUT2D eigenvalue weighted by molar-refractivity contribution is 5.99. The molecule has 11 atom stereocenters. The van der Waals surface area contributed by atoms with Gasteiger partial charge < -0.3 is 114 Å². The van der Waals surface area contributed by atoms with E-state index in [4.69, 9.17) is 20.3 Å². The number of hydrogen-bond donors (Lipinski definition) is 17. The number of carboxylic acid groups (broad SMARTS) is 4. The molecule has 112 heavy (non-hydrogen) atoms. The highest BCUT2D eigenvalue weighted by Crippen LogP contribution is 2.27. The number of carbonyl (C=O) groups is 16.